The number of amides is 3. The molecule has 2 N–H and O–H groups in total. The van der Waals surface area contributed by atoms with E-state index in [1.165, 1.54) is 24.3 Å². The number of halogens is 1. The van der Waals surface area contributed by atoms with Crippen molar-refractivity contribution in [3.63, 3.8) is 0 Å². The Hall–Kier alpha value is -3.42. The van der Waals surface area contributed by atoms with Gasteiger partial charge in [0.2, 0.25) is 0 Å². The van der Waals surface area contributed by atoms with Gasteiger partial charge >= 0.3 is 12.0 Å². The first-order valence-corrected chi connectivity index (χ1v) is 9.34. The zero-order valence-corrected chi connectivity index (χ0v) is 15.8. The van der Waals surface area contributed by atoms with Gasteiger partial charge in [-0.1, -0.05) is 18.2 Å². The molecule has 8 heteroatoms. The van der Waals surface area contributed by atoms with E-state index in [9.17, 15) is 18.8 Å². The van der Waals surface area contributed by atoms with Crippen molar-refractivity contribution < 1.29 is 23.5 Å². The number of hydrogen-bond donors (Lipinski definition) is 2. The predicted octanol–water partition coefficient (Wildman–Crippen LogP) is 3.25. The minimum absolute atomic E-state index is 0.207. The highest BCUT2D eigenvalue weighted by atomic mass is 19.1. The van der Waals surface area contributed by atoms with Crippen LogP contribution < -0.4 is 10.6 Å². The lowest BCUT2D eigenvalue weighted by Gasteiger charge is -2.30. The predicted molar refractivity (Wildman–Crippen MR) is 106 cm³/mol. The smallest absolute Gasteiger partial charge is 0.321 e. The van der Waals surface area contributed by atoms with Gasteiger partial charge in [0, 0.05) is 24.5 Å². The fraction of sp³-hybridized carbons (Fsp3) is 0.286. The molecule has 7 nitrogen and oxygen atoms in total. The van der Waals surface area contributed by atoms with Crippen LogP contribution in [0.3, 0.4) is 0 Å². The van der Waals surface area contributed by atoms with E-state index >= 15 is 0 Å². The average molecular weight is 399 g/mol. The Balaban J connectivity index is 1.38. The third-order valence-corrected chi connectivity index (χ3v) is 4.61. The molecule has 0 aliphatic carbocycles. The minimum atomic E-state index is -0.496. The summed E-state index contributed by atoms with van der Waals surface area (Å²) in [5.41, 5.74) is 1.14. The Labute approximate surface area is 167 Å². The van der Waals surface area contributed by atoms with Gasteiger partial charge in [-0.25, -0.2) is 9.18 Å². The fourth-order valence-electron chi connectivity index (χ4n) is 3.03. The van der Waals surface area contributed by atoms with Gasteiger partial charge in [0.15, 0.2) is 6.61 Å². The number of urea groups is 1. The Bertz CT molecular complexity index is 850. The normalized spacial score (nSPS) is 14.2. The zero-order valence-electron chi connectivity index (χ0n) is 15.8. The number of benzene rings is 2. The summed E-state index contributed by atoms with van der Waals surface area (Å²) in [6, 6.07) is 14.2. The fourth-order valence-corrected chi connectivity index (χ4v) is 3.03. The summed E-state index contributed by atoms with van der Waals surface area (Å²) >= 11 is 0. The van der Waals surface area contributed by atoms with Crippen molar-refractivity contribution in [2.75, 3.05) is 30.3 Å². The van der Waals surface area contributed by atoms with Crippen LogP contribution in [0.2, 0.25) is 0 Å². The monoisotopic (exact) mass is 399 g/mol. The number of carbonyl (C=O) groups excluding carboxylic acids is 3. The minimum Gasteiger partial charge on any atom is -0.455 e. The molecular weight excluding hydrogens is 377 g/mol. The van der Waals surface area contributed by atoms with Crippen molar-refractivity contribution >= 4 is 29.3 Å². The first-order chi connectivity index (χ1) is 14.0. The van der Waals surface area contributed by atoms with Crippen molar-refractivity contribution in [1.82, 2.24) is 4.90 Å². The number of piperidine rings is 1. The lowest BCUT2D eigenvalue weighted by molar-refractivity contribution is -0.152. The molecule has 3 rings (SSSR count). The van der Waals surface area contributed by atoms with Crippen molar-refractivity contribution in [2.45, 2.75) is 12.8 Å². The molecule has 0 atom stereocenters. The van der Waals surface area contributed by atoms with Crippen molar-refractivity contribution in [1.29, 1.82) is 0 Å². The molecule has 0 aromatic heterocycles. The highest BCUT2D eigenvalue weighted by Gasteiger charge is 2.28. The Morgan fingerprint density at radius 3 is 2.21 bits per heavy atom. The van der Waals surface area contributed by atoms with Crippen LogP contribution in [-0.4, -0.2) is 42.5 Å². The number of carbonyl (C=O) groups is 3. The second-order valence-electron chi connectivity index (χ2n) is 6.72. The topological polar surface area (TPSA) is 87.7 Å². The summed E-state index contributed by atoms with van der Waals surface area (Å²) in [5.74, 6) is -1.71. The number of nitrogens with one attached hydrogen (secondary N) is 2. The van der Waals surface area contributed by atoms with E-state index in [-0.39, 0.29) is 11.9 Å². The molecule has 1 aliphatic rings. The maximum absolute atomic E-state index is 12.9. The Morgan fingerprint density at radius 2 is 1.55 bits per heavy atom. The standard InChI is InChI=1S/C21H22FN3O4/c22-16-6-8-18(9-7-16)23-19(26)14-29-20(27)15-10-12-25(13-11-15)21(28)24-17-4-2-1-3-5-17/h1-9,15H,10-14H2,(H,23,26)(H,24,28). The van der Waals surface area contributed by atoms with Gasteiger partial charge in [-0.15, -0.1) is 0 Å². The molecule has 0 radical (unpaired) electrons. The molecule has 2 aromatic carbocycles. The van der Waals surface area contributed by atoms with Crippen LogP contribution in [0.25, 0.3) is 0 Å². The van der Waals surface area contributed by atoms with Crippen molar-refractivity contribution in [3.05, 3.63) is 60.4 Å². The van der Waals surface area contributed by atoms with Gasteiger partial charge < -0.3 is 20.3 Å². The number of ether oxygens (including phenoxy) is 1. The summed E-state index contributed by atoms with van der Waals surface area (Å²) in [4.78, 5) is 38.0. The van der Waals surface area contributed by atoms with Crippen LogP contribution in [0.15, 0.2) is 54.6 Å². The Kier molecular flexibility index (Phi) is 6.78. The molecule has 1 aliphatic heterocycles. The van der Waals surface area contributed by atoms with E-state index in [0.29, 0.717) is 37.3 Å². The van der Waals surface area contributed by atoms with Crippen molar-refractivity contribution in [3.8, 4) is 0 Å². The first kappa shape index (κ1) is 20.3. The molecule has 0 spiro atoms. The maximum Gasteiger partial charge on any atom is 0.321 e. The van der Waals surface area contributed by atoms with Crippen molar-refractivity contribution in [2.24, 2.45) is 5.92 Å². The first-order valence-electron chi connectivity index (χ1n) is 9.34. The quantitative estimate of drug-likeness (QED) is 0.756. The summed E-state index contributed by atoms with van der Waals surface area (Å²) in [5, 5.41) is 5.35. The van der Waals surface area contributed by atoms with Gasteiger partial charge in [0.25, 0.3) is 5.91 Å². The van der Waals surface area contributed by atoms with Crippen LogP contribution in [0.4, 0.5) is 20.6 Å². The van der Waals surface area contributed by atoms with Crippen LogP contribution >= 0.6 is 0 Å². The number of rotatable bonds is 5. The summed E-state index contributed by atoms with van der Waals surface area (Å²) in [6.45, 7) is 0.450. The SMILES string of the molecule is O=C(COC(=O)C1CCN(C(=O)Nc2ccccc2)CC1)Nc1ccc(F)cc1. The number of para-hydroxylation sites is 1. The zero-order chi connectivity index (χ0) is 20.6. The number of hydrogen-bond acceptors (Lipinski definition) is 4. The van der Waals surface area contributed by atoms with Gasteiger partial charge in [-0.05, 0) is 49.2 Å². The molecule has 152 valence electrons. The van der Waals surface area contributed by atoms with Crippen LogP contribution in [0, 0.1) is 11.7 Å². The van der Waals surface area contributed by atoms with E-state index in [4.69, 9.17) is 4.74 Å². The third kappa shape index (κ3) is 6.03. The van der Waals surface area contributed by atoms with E-state index in [1.54, 1.807) is 17.0 Å². The molecule has 3 amide bonds. The van der Waals surface area contributed by atoms with Gasteiger partial charge in [-0.2, -0.15) is 0 Å². The van der Waals surface area contributed by atoms with E-state index in [0.717, 1.165) is 0 Å². The molecule has 1 heterocycles. The van der Waals surface area contributed by atoms with E-state index in [1.807, 2.05) is 18.2 Å². The van der Waals surface area contributed by atoms with Gasteiger partial charge in [0.05, 0.1) is 5.92 Å². The maximum atomic E-state index is 12.9. The highest BCUT2D eigenvalue weighted by molar-refractivity contribution is 5.93. The number of nitrogens with zero attached hydrogens (tertiary/aromatic N) is 1. The molecular formula is C21H22FN3O4. The lowest BCUT2D eigenvalue weighted by atomic mass is 9.97. The number of likely N-dealkylation sites (tertiary alicyclic amines) is 1. The van der Waals surface area contributed by atoms with E-state index in [2.05, 4.69) is 10.6 Å². The molecule has 1 fully saturated rings. The second-order valence-corrected chi connectivity index (χ2v) is 6.72. The second kappa shape index (κ2) is 9.68. The molecule has 0 saturated carbocycles. The average Bonchev–Trinajstić information content (AvgIpc) is 2.74. The summed E-state index contributed by atoms with van der Waals surface area (Å²) < 4.78 is 17.9. The lowest BCUT2D eigenvalue weighted by Crippen LogP contribution is -2.43. The molecule has 2 aromatic rings. The molecule has 1 saturated heterocycles. The van der Waals surface area contributed by atoms with Crippen LogP contribution in [-0.2, 0) is 14.3 Å². The Morgan fingerprint density at radius 1 is 0.931 bits per heavy atom. The van der Waals surface area contributed by atoms with Gasteiger partial charge in [-0.3, -0.25) is 9.59 Å². The molecule has 0 unspecified atom stereocenters. The van der Waals surface area contributed by atoms with E-state index < -0.39 is 24.3 Å². The van der Waals surface area contributed by atoms with Crippen LogP contribution in [0.1, 0.15) is 12.8 Å². The highest BCUT2D eigenvalue weighted by Crippen LogP contribution is 2.20. The molecule has 29 heavy (non-hydrogen) atoms. The number of anilines is 2. The third-order valence-electron chi connectivity index (χ3n) is 4.61. The number of esters is 1. The van der Waals surface area contributed by atoms with Crippen LogP contribution in [0.5, 0.6) is 0 Å². The molecule has 0 bridgehead atoms. The largest absolute Gasteiger partial charge is 0.455 e. The summed E-state index contributed by atoms with van der Waals surface area (Å²) in [6.07, 6.45) is 0.946. The van der Waals surface area contributed by atoms with Gasteiger partial charge in [0.1, 0.15) is 5.82 Å². The summed E-state index contributed by atoms with van der Waals surface area (Å²) in [7, 11) is 0.